The third-order valence-electron chi connectivity index (χ3n) is 7.16. The van der Waals surface area contributed by atoms with Crippen LogP contribution in [0.5, 0.6) is 0 Å². The van der Waals surface area contributed by atoms with E-state index < -0.39 is 0 Å². The molecule has 5 rings (SSSR count). The fourth-order valence-electron chi connectivity index (χ4n) is 5.15. The molecule has 3 N–H and O–H groups in total. The van der Waals surface area contributed by atoms with Gasteiger partial charge in [0.1, 0.15) is 5.82 Å². The van der Waals surface area contributed by atoms with E-state index in [1.807, 2.05) is 24.4 Å². The molecular weight excluding hydrogens is 398 g/mol. The summed E-state index contributed by atoms with van der Waals surface area (Å²) in [6.07, 6.45) is 9.10. The minimum atomic E-state index is -0.121. The highest BCUT2D eigenvalue weighted by atomic mass is 16.1. The Hall–Kier alpha value is -2.70. The average Bonchev–Trinajstić information content (AvgIpc) is 3.44. The zero-order valence-corrected chi connectivity index (χ0v) is 18.9. The summed E-state index contributed by atoms with van der Waals surface area (Å²) in [5.74, 6) is 1.28. The quantitative estimate of drug-likeness (QED) is 0.537. The Morgan fingerprint density at radius 3 is 2.72 bits per heavy atom. The Kier molecular flexibility index (Phi) is 6.23. The molecule has 2 saturated heterocycles. The van der Waals surface area contributed by atoms with Crippen LogP contribution in [0.1, 0.15) is 59.8 Å². The van der Waals surface area contributed by atoms with E-state index in [0.29, 0.717) is 17.4 Å². The average molecular weight is 432 g/mol. The van der Waals surface area contributed by atoms with Crippen molar-refractivity contribution in [3.63, 3.8) is 0 Å². The smallest absolute Gasteiger partial charge is 0.256 e. The number of hydrogen-bond acceptors (Lipinski definition) is 4. The van der Waals surface area contributed by atoms with Crippen molar-refractivity contribution in [2.45, 2.75) is 44.6 Å². The van der Waals surface area contributed by atoms with Gasteiger partial charge in [0, 0.05) is 34.9 Å². The first-order valence-corrected chi connectivity index (χ1v) is 12.0. The molecule has 0 spiro atoms. The summed E-state index contributed by atoms with van der Waals surface area (Å²) in [6, 6.07) is 12.6. The molecule has 0 saturated carbocycles. The number of fused-ring (bicyclic) bond motifs is 1. The summed E-state index contributed by atoms with van der Waals surface area (Å²) in [5.41, 5.74) is 4.21. The molecule has 4 heterocycles. The Labute approximate surface area is 189 Å². The molecular formula is C26H33N5O. The number of aryl methyl sites for hydroxylation is 1. The van der Waals surface area contributed by atoms with Gasteiger partial charge in [0.15, 0.2) is 0 Å². The largest absolute Gasteiger partial charge is 0.357 e. The minimum absolute atomic E-state index is 0.121. The highest BCUT2D eigenvalue weighted by molar-refractivity contribution is 6.04. The standard InChI is InChI=1S/C26H33N5O/c1-31-14-2-3-24(31)23-15-21-17-28-25(16-22(21)29-23)30-26(32)20-8-6-18(7-9-20)4-5-19-10-12-27-13-11-19/h6-9,15-17,19,24,27,29H,2-5,10-14H2,1H3,(H,28,30,32)/t24-/m1/s1. The third-order valence-corrected chi connectivity index (χ3v) is 7.16. The summed E-state index contributed by atoms with van der Waals surface area (Å²) in [5, 5.41) is 7.46. The number of anilines is 1. The molecule has 168 valence electrons. The van der Waals surface area contributed by atoms with Crippen molar-refractivity contribution in [1.29, 1.82) is 0 Å². The van der Waals surface area contributed by atoms with Crippen molar-refractivity contribution >= 4 is 22.6 Å². The fourth-order valence-corrected chi connectivity index (χ4v) is 5.15. The van der Waals surface area contributed by atoms with E-state index in [1.54, 1.807) is 0 Å². The van der Waals surface area contributed by atoms with E-state index in [9.17, 15) is 4.79 Å². The van der Waals surface area contributed by atoms with Crippen molar-refractivity contribution in [3.05, 3.63) is 59.4 Å². The fraction of sp³-hybridized carbons (Fsp3) is 0.462. The Morgan fingerprint density at radius 1 is 1.16 bits per heavy atom. The number of likely N-dealkylation sites (tertiary alicyclic amines) is 1. The van der Waals surface area contributed by atoms with Crippen molar-refractivity contribution in [2.24, 2.45) is 5.92 Å². The lowest BCUT2D eigenvalue weighted by Gasteiger charge is -2.22. The maximum absolute atomic E-state index is 12.7. The second-order valence-electron chi connectivity index (χ2n) is 9.40. The lowest BCUT2D eigenvalue weighted by atomic mass is 9.91. The highest BCUT2D eigenvalue weighted by Gasteiger charge is 2.24. The third kappa shape index (κ3) is 4.71. The molecule has 2 aliphatic rings. The summed E-state index contributed by atoms with van der Waals surface area (Å²) < 4.78 is 0. The van der Waals surface area contributed by atoms with Crippen LogP contribution in [0.2, 0.25) is 0 Å². The number of nitrogens with zero attached hydrogens (tertiary/aromatic N) is 2. The Morgan fingerprint density at radius 2 is 1.97 bits per heavy atom. The molecule has 2 fully saturated rings. The van der Waals surface area contributed by atoms with Crippen LogP contribution in [0.3, 0.4) is 0 Å². The lowest BCUT2D eigenvalue weighted by molar-refractivity contribution is 0.102. The zero-order valence-electron chi connectivity index (χ0n) is 18.9. The van der Waals surface area contributed by atoms with Crippen LogP contribution in [-0.2, 0) is 6.42 Å². The van der Waals surface area contributed by atoms with Gasteiger partial charge < -0.3 is 15.6 Å². The van der Waals surface area contributed by atoms with E-state index in [0.717, 1.165) is 42.9 Å². The number of amides is 1. The lowest BCUT2D eigenvalue weighted by Crippen LogP contribution is -2.27. The normalized spacial score (nSPS) is 20.1. The molecule has 1 atom stereocenters. The summed E-state index contributed by atoms with van der Waals surface area (Å²) in [7, 11) is 2.17. The molecule has 0 unspecified atom stereocenters. The number of H-pyrrole nitrogens is 1. The monoisotopic (exact) mass is 431 g/mol. The van der Waals surface area contributed by atoms with Gasteiger partial charge in [0.05, 0.1) is 5.52 Å². The van der Waals surface area contributed by atoms with Crippen molar-refractivity contribution in [3.8, 4) is 0 Å². The van der Waals surface area contributed by atoms with Crippen LogP contribution in [0.15, 0.2) is 42.6 Å². The predicted molar refractivity (Wildman–Crippen MR) is 129 cm³/mol. The molecule has 6 nitrogen and oxygen atoms in total. The van der Waals surface area contributed by atoms with E-state index >= 15 is 0 Å². The number of hydrogen-bond donors (Lipinski definition) is 3. The first kappa shape index (κ1) is 21.2. The van der Waals surface area contributed by atoms with Gasteiger partial charge in [-0.3, -0.25) is 9.69 Å². The van der Waals surface area contributed by atoms with Crippen LogP contribution in [0, 0.1) is 5.92 Å². The van der Waals surface area contributed by atoms with Crippen LogP contribution in [-0.4, -0.2) is 47.5 Å². The van der Waals surface area contributed by atoms with Crippen LogP contribution in [0.4, 0.5) is 5.82 Å². The van der Waals surface area contributed by atoms with Crippen LogP contribution < -0.4 is 10.6 Å². The number of rotatable bonds is 6. The minimum Gasteiger partial charge on any atom is -0.357 e. The topological polar surface area (TPSA) is 73.1 Å². The molecule has 0 bridgehead atoms. The Balaban J connectivity index is 1.21. The predicted octanol–water partition coefficient (Wildman–Crippen LogP) is 4.51. The van der Waals surface area contributed by atoms with E-state index in [1.165, 1.54) is 43.4 Å². The summed E-state index contributed by atoms with van der Waals surface area (Å²) >= 11 is 0. The summed E-state index contributed by atoms with van der Waals surface area (Å²) in [6.45, 7) is 3.42. The van der Waals surface area contributed by atoms with Crippen LogP contribution >= 0.6 is 0 Å². The van der Waals surface area contributed by atoms with E-state index in [2.05, 4.69) is 50.7 Å². The number of pyridine rings is 1. The van der Waals surface area contributed by atoms with Gasteiger partial charge in [0.25, 0.3) is 5.91 Å². The second kappa shape index (κ2) is 9.43. The van der Waals surface area contributed by atoms with Crippen molar-refractivity contribution < 1.29 is 4.79 Å². The molecule has 1 amide bonds. The number of piperidine rings is 1. The Bertz CT molecular complexity index is 1070. The number of aromatic amines is 1. The molecule has 0 aliphatic carbocycles. The van der Waals surface area contributed by atoms with Gasteiger partial charge in [-0.1, -0.05) is 12.1 Å². The second-order valence-corrected chi connectivity index (χ2v) is 9.40. The van der Waals surface area contributed by atoms with Gasteiger partial charge in [-0.2, -0.15) is 0 Å². The molecule has 3 aromatic rings. The first-order valence-electron chi connectivity index (χ1n) is 12.0. The van der Waals surface area contributed by atoms with Gasteiger partial charge in [-0.15, -0.1) is 0 Å². The highest BCUT2D eigenvalue weighted by Crippen LogP contribution is 2.32. The number of nitrogens with one attached hydrogen (secondary N) is 3. The van der Waals surface area contributed by atoms with E-state index in [-0.39, 0.29) is 5.91 Å². The number of carbonyl (C=O) groups is 1. The van der Waals surface area contributed by atoms with Crippen molar-refractivity contribution in [1.82, 2.24) is 20.2 Å². The molecule has 1 aromatic carbocycles. The van der Waals surface area contributed by atoms with Gasteiger partial charge in [0.2, 0.25) is 0 Å². The first-order chi connectivity index (χ1) is 15.7. The molecule has 2 aromatic heterocycles. The maximum Gasteiger partial charge on any atom is 0.256 e. The van der Waals surface area contributed by atoms with Gasteiger partial charge in [-0.25, -0.2) is 4.98 Å². The van der Waals surface area contributed by atoms with Crippen LogP contribution in [0.25, 0.3) is 10.9 Å². The number of benzene rings is 1. The van der Waals surface area contributed by atoms with E-state index in [4.69, 9.17) is 0 Å². The SMILES string of the molecule is CN1CCC[C@@H]1c1cc2cnc(NC(=O)c3ccc(CCC4CCNCC4)cc3)cc2[nH]1. The van der Waals surface area contributed by atoms with Crippen molar-refractivity contribution in [2.75, 3.05) is 32.0 Å². The molecule has 0 radical (unpaired) electrons. The maximum atomic E-state index is 12.7. The van der Waals surface area contributed by atoms with Gasteiger partial charge in [-0.05, 0) is 94.9 Å². The molecule has 32 heavy (non-hydrogen) atoms. The zero-order chi connectivity index (χ0) is 21.9. The summed E-state index contributed by atoms with van der Waals surface area (Å²) in [4.78, 5) is 23.1. The number of aromatic nitrogens is 2. The number of carbonyl (C=O) groups excluding carboxylic acids is 1. The van der Waals surface area contributed by atoms with Gasteiger partial charge >= 0.3 is 0 Å². The molecule has 6 heteroatoms. The molecule has 2 aliphatic heterocycles.